The van der Waals surface area contributed by atoms with Gasteiger partial charge in [0, 0.05) is 30.7 Å². The van der Waals surface area contributed by atoms with Gasteiger partial charge in [0.25, 0.3) is 0 Å². The first-order valence-electron chi connectivity index (χ1n) is 9.32. The third-order valence-corrected chi connectivity index (χ3v) is 4.57. The van der Waals surface area contributed by atoms with E-state index in [1.807, 2.05) is 18.2 Å². The van der Waals surface area contributed by atoms with Crippen LogP contribution >= 0.6 is 0 Å². The summed E-state index contributed by atoms with van der Waals surface area (Å²) >= 11 is 0. The Labute approximate surface area is 158 Å². The SMILES string of the molecule is c1ccc(CNc2nncc(Nc3ccc(N4CCCCC4)cc3)n2)nc1. The minimum Gasteiger partial charge on any atom is -0.372 e. The lowest BCUT2D eigenvalue weighted by molar-refractivity contribution is 0.578. The van der Waals surface area contributed by atoms with E-state index < -0.39 is 0 Å². The Balaban J connectivity index is 1.37. The third-order valence-electron chi connectivity index (χ3n) is 4.57. The summed E-state index contributed by atoms with van der Waals surface area (Å²) in [6.07, 6.45) is 7.28. The first-order chi connectivity index (χ1) is 13.4. The Morgan fingerprint density at radius 1 is 0.963 bits per heavy atom. The van der Waals surface area contributed by atoms with Crippen LogP contribution in [0.15, 0.2) is 54.9 Å². The van der Waals surface area contributed by atoms with Crippen molar-refractivity contribution in [3.05, 3.63) is 60.6 Å². The van der Waals surface area contributed by atoms with Crippen molar-refractivity contribution >= 4 is 23.1 Å². The summed E-state index contributed by atoms with van der Waals surface area (Å²) < 4.78 is 0. The highest BCUT2D eigenvalue weighted by molar-refractivity contribution is 5.60. The van der Waals surface area contributed by atoms with Gasteiger partial charge in [-0.25, -0.2) is 0 Å². The number of rotatable bonds is 6. The maximum absolute atomic E-state index is 4.46. The molecule has 2 N–H and O–H groups in total. The molecule has 0 saturated carbocycles. The highest BCUT2D eigenvalue weighted by Gasteiger charge is 2.10. The van der Waals surface area contributed by atoms with Crippen molar-refractivity contribution < 1.29 is 0 Å². The molecule has 1 aliphatic rings. The summed E-state index contributed by atoms with van der Waals surface area (Å²) in [5.74, 6) is 1.12. The Kier molecular flexibility index (Phi) is 5.38. The molecule has 7 heteroatoms. The number of hydrogen-bond acceptors (Lipinski definition) is 7. The van der Waals surface area contributed by atoms with Crippen LogP contribution in [-0.4, -0.2) is 33.3 Å². The topological polar surface area (TPSA) is 78.9 Å². The lowest BCUT2D eigenvalue weighted by Gasteiger charge is -2.28. The summed E-state index contributed by atoms with van der Waals surface area (Å²) in [5, 5.41) is 14.5. The van der Waals surface area contributed by atoms with E-state index in [1.54, 1.807) is 12.4 Å². The summed E-state index contributed by atoms with van der Waals surface area (Å²) in [4.78, 5) is 11.2. The standard InChI is InChI=1S/C20H23N7/c1-4-12-27(13-5-1)18-9-7-16(8-10-18)24-19-15-23-26-20(25-19)22-14-17-6-2-3-11-21-17/h2-3,6-11,15H,1,4-5,12-14H2,(H2,22,24,25,26). The molecule has 0 amide bonds. The predicted octanol–water partition coefficient (Wildman–Crippen LogP) is 3.61. The van der Waals surface area contributed by atoms with E-state index in [-0.39, 0.29) is 0 Å². The first kappa shape index (κ1) is 17.2. The van der Waals surface area contributed by atoms with Gasteiger partial charge in [-0.3, -0.25) is 4.98 Å². The fraction of sp³-hybridized carbons (Fsp3) is 0.300. The quantitative estimate of drug-likeness (QED) is 0.694. The molecule has 0 aliphatic carbocycles. The molecule has 0 spiro atoms. The second-order valence-electron chi connectivity index (χ2n) is 6.56. The molecule has 1 aliphatic heterocycles. The van der Waals surface area contributed by atoms with Crippen LogP contribution in [0, 0.1) is 0 Å². The molecule has 3 aromatic rings. The van der Waals surface area contributed by atoms with Crippen molar-refractivity contribution in [2.24, 2.45) is 0 Å². The zero-order valence-corrected chi connectivity index (χ0v) is 15.2. The van der Waals surface area contributed by atoms with Crippen LogP contribution < -0.4 is 15.5 Å². The van der Waals surface area contributed by atoms with Crippen LogP contribution in [0.4, 0.5) is 23.1 Å². The highest BCUT2D eigenvalue weighted by atomic mass is 15.3. The van der Waals surface area contributed by atoms with Gasteiger partial charge in [0.1, 0.15) is 0 Å². The number of piperidine rings is 1. The van der Waals surface area contributed by atoms with E-state index in [0.717, 1.165) is 24.5 Å². The average Bonchev–Trinajstić information content (AvgIpc) is 2.75. The molecule has 4 rings (SSSR count). The maximum Gasteiger partial charge on any atom is 0.245 e. The number of pyridine rings is 1. The predicted molar refractivity (Wildman–Crippen MR) is 107 cm³/mol. The van der Waals surface area contributed by atoms with Crippen molar-refractivity contribution in [3.8, 4) is 0 Å². The second-order valence-corrected chi connectivity index (χ2v) is 6.56. The van der Waals surface area contributed by atoms with E-state index in [9.17, 15) is 0 Å². The van der Waals surface area contributed by atoms with Gasteiger partial charge in [-0.1, -0.05) is 6.07 Å². The van der Waals surface area contributed by atoms with Crippen LogP contribution in [0.2, 0.25) is 0 Å². The van der Waals surface area contributed by atoms with E-state index in [0.29, 0.717) is 18.3 Å². The number of hydrogen-bond donors (Lipinski definition) is 2. The zero-order chi connectivity index (χ0) is 18.3. The molecule has 2 aromatic heterocycles. The molecule has 27 heavy (non-hydrogen) atoms. The second kappa shape index (κ2) is 8.44. The zero-order valence-electron chi connectivity index (χ0n) is 15.2. The number of benzene rings is 1. The number of nitrogens with zero attached hydrogens (tertiary/aromatic N) is 5. The van der Waals surface area contributed by atoms with Crippen molar-refractivity contribution in [2.75, 3.05) is 28.6 Å². The monoisotopic (exact) mass is 361 g/mol. The van der Waals surface area contributed by atoms with Gasteiger partial charge in [0.15, 0.2) is 5.82 Å². The van der Waals surface area contributed by atoms with Gasteiger partial charge in [0.05, 0.1) is 18.4 Å². The Hall–Kier alpha value is -3.22. The minimum atomic E-state index is 0.468. The maximum atomic E-state index is 4.46. The largest absolute Gasteiger partial charge is 0.372 e. The Morgan fingerprint density at radius 2 is 1.81 bits per heavy atom. The van der Waals surface area contributed by atoms with Crippen molar-refractivity contribution in [2.45, 2.75) is 25.8 Å². The number of nitrogens with one attached hydrogen (secondary N) is 2. The van der Waals surface area contributed by atoms with E-state index in [2.05, 4.69) is 60.0 Å². The molecule has 1 saturated heterocycles. The van der Waals surface area contributed by atoms with Gasteiger partial charge in [-0.2, -0.15) is 10.1 Å². The van der Waals surface area contributed by atoms with Crippen LogP contribution in [0.1, 0.15) is 25.0 Å². The van der Waals surface area contributed by atoms with E-state index >= 15 is 0 Å². The molecule has 0 atom stereocenters. The molecule has 0 radical (unpaired) electrons. The molecule has 7 nitrogen and oxygen atoms in total. The van der Waals surface area contributed by atoms with Crippen molar-refractivity contribution in [1.29, 1.82) is 0 Å². The van der Waals surface area contributed by atoms with Gasteiger partial charge in [-0.05, 0) is 55.7 Å². The molecular formula is C20H23N7. The van der Waals surface area contributed by atoms with Crippen molar-refractivity contribution in [1.82, 2.24) is 20.2 Å². The third kappa shape index (κ3) is 4.69. The molecule has 3 heterocycles. The lowest BCUT2D eigenvalue weighted by Crippen LogP contribution is -2.29. The van der Waals surface area contributed by atoms with Gasteiger partial charge >= 0.3 is 0 Å². The smallest absolute Gasteiger partial charge is 0.245 e. The fourth-order valence-electron chi connectivity index (χ4n) is 3.17. The van der Waals surface area contributed by atoms with Gasteiger partial charge < -0.3 is 15.5 Å². The van der Waals surface area contributed by atoms with Crippen molar-refractivity contribution in [3.63, 3.8) is 0 Å². The summed E-state index contributed by atoms with van der Waals surface area (Å²) in [6.45, 7) is 2.85. The fourth-order valence-corrected chi connectivity index (χ4v) is 3.17. The molecule has 1 fully saturated rings. The van der Waals surface area contributed by atoms with Crippen LogP contribution in [0.5, 0.6) is 0 Å². The summed E-state index contributed by atoms with van der Waals surface area (Å²) in [6, 6.07) is 14.3. The van der Waals surface area contributed by atoms with Crippen LogP contribution in [-0.2, 0) is 6.54 Å². The lowest BCUT2D eigenvalue weighted by atomic mass is 10.1. The molecule has 1 aromatic carbocycles. The normalized spacial score (nSPS) is 14.0. The number of aromatic nitrogens is 4. The number of anilines is 4. The average molecular weight is 361 g/mol. The van der Waals surface area contributed by atoms with Gasteiger partial charge in [0.2, 0.25) is 5.95 Å². The van der Waals surface area contributed by atoms with E-state index in [1.165, 1.54) is 24.9 Å². The highest BCUT2D eigenvalue weighted by Crippen LogP contribution is 2.23. The minimum absolute atomic E-state index is 0.468. The molecule has 138 valence electrons. The summed E-state index contributed by atoms with van der Waals surface area (Å²) in [5.41, 5.74) is 3.18. The first-order valence-corrected chi connectivity index (χ1v) is 9.32. The van der Waals surface area contributed by atoms with Crippen LogP contribution in [0.3, 0.4) is 0 Å². The Morgan fingerprint density at radius 3 is 2.59 bits per heavy atom. The van der Waals surface area contributed by atoms with E-state index in [4.69, 9.17) is 0 Å². The molecular weight excluding hydrogens is 338 g/mol. The Bertz CT molecular complexity index is 846. The van der Waals surface area contributed by atoms with Gasteiger partial charge in [-0.15, -0.1) is 5.10 Å². The molecule has 0 unspecified atom stereocenters. The summed E-state index contributed by atoms with van der Waals surface area (Å²) in [7, 11) is 0. The molecule has 0 bridgehead atoms. The van der Waals surface area contributed by atoms with Crippen LogP contribution in [0.25, 0.3) is 0 Å².